The Morgan fingerprint density at radius 3 is 2.24 bits per heavy atom. The van der Waals surface area contributed by atoms with Crippen molar-refractivity contribution in [3.8, 4) is 0 Å². The molecule has 0 atom stereocenters. The average molecular weight is 247 g/mol. The minimum absolute atomic E-state index is 0.0266. The van der Waals surface area contributed by atoms with E-state index >= 15 is 0 Å². The standard InChI is InChI=1S/C12H25NO4/c1-4-13-12(14)5-6-15-7-8-16-9-10-17-11(2)3/h11H,4-10H2,1-3H3,(H,13,14). The molecule has 0 aliphatic carbocycles. The molecule has 0 spiro atoms. The van der Waals surface area contributed by atoms with Gasteiger partial charge in [0, 0.05) is 13.0 Å². The van der Waals surface area contributed by atoms with Gasteiger partial charge in [0.25, 0.3) is 0 Å². The van der Waals surface area contributed by atoms with Crippen molar-refractivity contribution in [2.75, 3.05) is 39.6 Å². The van der Waals surface area contributed by atoms with Gasteiger partial charge in [0.15, 0.2) is 0 Å². The van der Waals surface area contributed by atoms with Crippen molar-refractivity contribution in [3.05, 3.63) is 0 Å². The summed E-state index contributed by atoms with van der Waals surface area (Å²) in [5, 5.41) is 2.71. The number of carbonyl (C=O) groups is 1. The van der Waals surface area contributed by atoms with Crippen LogP contribution in [0.25, 0.3) is 0 Å². The van der Waals surface area contributed by atoms with Crippen molar-refractivity contribution >= 4 is 5.91 Å². The first-order valence-corrected chi connectivity index (χ1v) is 6.20. The van der Waals surface area contributed by atoms with E-state index in [0.717, 1.165) is 0 Å². The largest absolute Gasteiger partial charge is 0.379 e. The lowest BCUT2D eigenvalue weighted by Crippen LogP contribution is -2.24. The van der Waals surface area contributed by atoms with Gasteiger partial charge in [-0.25, -0.2) is 0 Å². The smallest absolute Gasteiger partial charge is 0.222 e. The highest BCUT2D eigenvalue weighted by Crippen LogP contribution is 1.88. The van der Waals surface area contributed by atoms with Crippen molar-refractivity contribution in [1.29, 1.82) is 0 Å². The van der Waals surface area contributed by atoms with Crippen LogP contribution in [0.4, 0.5) is 0 Å². The maximum atomic E-state index is 11.0. The maximum Gasteiger partial charge on any atom is 0.222 e. The molecular formula is C12H25NO4. The molecule has 5 nitrogen and oxygen atoms in total. The maximum absolute atomic E-state index is 11.0. The number of hydrogen-bond acceptors (Lipinski definition) is 4. The van der Waals surface area contributed by atoms with Gasteiger partial charge in [-0.05, 0) is 20.8 Å². The zero-order valence-corrected chi connectivity index (χ0v) is 11.2. The summed E-state index contributed by atoms with van der Waals surface area (Å²) in [5.41, 5.74) is 0. The predicted octanol–water partition coefficient (Wildman–Crippen LogP) is 0.971. The minimum atomic E-state index is 0.0266. The van der Waals surface area contributed by atoms with Crippen molar-refractivity contribution < 1.29 is 19.0 Å². The Kier molecular flexibility index (Phi) is 11.4. The molecule has 0 rings (SSSR count). The molecule has 102 valence electrons. The van der Waals surface area contributed by atoms with Crippen LogP contribution in [-0.2, 0) is 19.0 Å². The van der Waals surface area contributed by atoms with Crippen molar-refractivity contribution in [2.45, 2.75) is 33.3 Å². The highest BCUT2D eigenvalue weighted by molar-refractivity contribution is 5.75. The van der Waals surface area contributed by atoms with Crippen LogP contribution in [0.5, 0.6) is 0 Å². The number of amides is 1. The molecule has 0 heterocycles. The van der Waals surface area contributed by atoms with E-state index in [1.54, 1.807) is 0 Å². The summed E-state index contributed by atoms with van der Waals surface area (Å²) in [5.74, 6) is 0.0266. The zero-order valence-electron chi connectivity index (χ0n) is 11.2. The number of carbonyl (C=O) groups excluding carboxylic acids is 1. The second-order valence-corrected chi connectivity index (χ2v) is 3.85. The minimum Gasteiger partial charge on any atom is -0.379 e. The fraction of sp³-hybridized carbons (Fsp3) is 0.917. The van der Waals surface area contributed by atoms with E-state index in [9.17, 15) is 4.79 Å². The summed E-state index contributed by atoms with van der Waals surface area (Å²) < 4.78 is 15.8. The summed E-state index contributed by atoms with van der Waals surface area (Å²) in [6.07, 6.45) is 0.650. The van der Waals surface area contributed by atoms with Gasteiger partial charge >= 0.3 is 0 Å². The Morgan fingerprint density at radius 1 is 1.06 bits per heavy atom. The lowest BCUT2D eigenvalue weighted by molar-refractivity contribution is -0.122. The van der Waals surface area contributed by atoms with Gasteiger partial charge in [0.2, 0.25) is 5.91 Å². The number of ether oxygens (including phenoxy) is 3. The molecule has 0 aliphatic rings. The average Bonchev–Trinajstić information content (AvgIpc) is 2.27. The molecule has 1 amide bonds. The molecule has 0 aromatic carbocycles. The molecule has 0 fully saturated rings. The summed E-state index contributed by atoms with van der Waals surface area (Å²) >= 11 is 0. The van der Waals surface area contributed by atoms with Crippen LogP contribution < -0.4 is 5.32 Å². The third-order valence-electron chi connectivity index (χ3n) is 1.90. The molecule has 1 N–H and O–H groups in total. The molecule has 0 aromatic heterocycles. The highest BCUT2D eigenvalue weighted by atomic mass is 16.5. The second-order valence-electron chi connectivity index (χ2n) is 3.85. The Hall–Kier alpha value is -0.650. The number of nitrogens with one attached hydrogen (secondary N) is 1. The molecular weight excluding hydrogens is 222 g/mol. The van der Waals surface area contributed by atoms with Crippen LogP contribution in [0.15, 0.2) is 0 Å². The highest BCUT2D eigenvalue weighted by Gasteiger charge is 1.98. The SMILES string of the molecule is CCNC(=O)CCOCCOCCOC(C)C. The molecule has 0 aromatic rings. The third kappa shape index (κ3) is 13.3. The Labute approximate surface area is 104 Å². The fourth-order valence-electron chi connectivity index (χ4n) is 1.12. The Morgan fingerprint density at radius 2 is 1.65 bits per heavy atom. The van der Waals surface area contributed by atoms with Gasteiger partial charge in [-0.3, -0.25) is 4.79 Å². The monoisotopic (exact) mass is 247 g/mol. The Balaban J connectivity index is 3.06. The second kappa shape index (κ2) is 11.8. The Bertz CT molecular complexity index is 185. The summed E-state index contributed by atoms with van der Waals surface area (Å²) in [6.45, 7) is 9.22. The first-order valence-electron chi connectivity index (χ1n) is 6.20. The fourth-order valence-corrected chi connectivity index (χ4v) is 1.12. The third-order valence-corrected chi connectivity index (χ3v) is 1.90. The predicted molar refractivity (Wildman–Crippen MR) is 66.0 cm³/mol. The van der Waals surface area contributed by atoms with Crippen molar-refractivity contribution in [1.82, 2.24) is 5.32 Å². The van der Waals surface area contributed by atoms with E-state index in [0.29, 0.717) is 46.0 Å². The molecule has 0 saturated heterocycles. The van der Waals surface area contributed by atoms with Gasteiger partial charge in [0.05, 0.1) is 39.1 Å². The molecule has 17 heavy (non-hydrogen) atoms. The van der Waals surface area contributed by atoms with Crippen LogP contribution in [0.3, 0.4) is 0 Å². The van der Waals surface area contributed by atoms with E-state index in [1.807, 2.05) is 20.8 Å². The van der Waals surface area contributed by atoms with Crippen LogP contribution in [0.1, 0.15) is 27.2 Å². The molecule has 0 unspecified atom stereocenters. The molecule has 0 bridgehead atoms. The van der Waals surface area contributed by atoms with Gasteiger partial charge < -0.3 is 19.5 Å². The normalized spacial score (nSPS) is 10.8. The lowest BCUT2D eigenvalue weighted by Gasteiger charge is -2.08. The lowest BCUT2D eigenvalue weighted by atomic mass is 10.4. The van der Waals surface area contributed by atoms with Gasteiger partial charge in [-0.15, -0.1) is 0 Å². The topological polar surface area (TPSA) is 56.8 Å². The zero-order chi connectivity index (χ0) is 12.9. The van der Waals surface area contributed by atoms with E-state index < -0.39 is 0 Å². The summed E-state index contributed by atoms with van der Waals surface area (Å²) in [6, 6.07) is 0. The van der Waals surface area contributed by atoms with Crippen molar-refractivity contribution in [2.24, 2.45) is 0 Å². The number of hydrogen-bond donors (Lipinski definition) is 1. The van der Waals surface area contributed by atoms with E-state index in [-0.39, 0.29) is 12.0 Å². The quantitative estimate of drug-likeness (QED) is 0.553. The first-order chi connectivity index (χ1) is 8.16. The summed E-state index contributed by atoms with van der Waals surface area (Å²) in [7, 11) is 0. The van der Waals surface area contributed by atoms with Crippen LogP contribution in [0.2, 0.25) is 0 Å². The summed E-state index contributed by atoms with van der Waals surface area (Å²) in [4.78, 5) is 11.0. The van der Waals surface area contributed by atoms with Crippen LogP contribution in [0, 0.1) is 0 Å². The molecule has 0 saturated carbocycles. The molecule has 0 radical (unpaired) electrons. The van der Waals surface area contributed by atoms with E-state index in [4.69, 9.17) is 14.2 Å². The van der Waals surface area contributed by atoms with Crippen LogP contribution >= 0.6 is 0 Å². The van der Waals surface area contributed by atoms with E-state index in [2.05, 4.69) is 5.32 Å². The molecule has 0 aliphatic heterocycles. The number of rotatable bonds is 11. The molecule has 5 heteroatoms. The first kappa shape index (κ1) is 16.4. The van der Waals surface area contributed by atoms with Crippen molar-refractivity contribution in [3.63, 3.8) is 0 Å². The van der Waals surface area contributed by atoms with Crippen LogP contribution in [-0.4, -0.2) is 51.6 Å². The van der Waals surface area contributed by atoms with Gasteiger partial charge in [-0.1, -0.05) is 0 Å². The van der Waals surface area contributed by atoms with E-state index in [1.165, 1.54) is 0 Å². The van der Waals surface area contributed by atoms with Gasteiger partial charge in [0.1, 0.15) is 0 Å². The van der Waals surface area contributed by atoms with Gasteiger partial charge in [-0.2, -0.15) is 0 Å².